The van der Waals surface area contributed by atoms with Gasteiger partial charge >= 0.3 is 0 Å². The number of aryl methyl sites for hydroxylation is 1. The van der Waals surface area contributed by atoms with E-state index in [0.717, 1.165) is 17.5 Å². The van der Waals surface area contributed by atoms with Crippen LogP contribution in [-0.2, 0) is 22.9 Å². The van der Waals surface area contributed by atoms with E-state index < -0.39 is 16.1 Å². The van der Waals surface area contributed by atoms with Gasteiger partial charge in [-0.25, -0.2) is 13.1 Å². The van der Waals surface area contributed by atoms with E-state index >= 15 is 0 Å². The van der Waals surface area contributed by atoms with Gasteiger partial charge in [-0.05, 0) is 36.1 Å². The van der Waals surface area contributed by atoms with Crippen LogP contribution >= 0.6 is 0 Å². The topological polar surface area (TPSA) is 66.4 Å². The van der Waals surface area contributed by atoms with Gasteiger partial charge in [-0.1, -0.05) is 49.4 Å². The third-order valence-electron chi connectivity index (χ3n) is 3.51. The maximum atomic E-state index is 12.4. The lowest BCUT2D eigenvalue weighted by molar-refractivity contribution is 0.256. The first kappa shape index (κ1) is 16.7. The predicted molar refractivity (Wildman–Crippen MR) is 87.2 cm³/mol. The number of aliphatic hydroxyl groups excluding tert-OH is 1. The van der Waals surface area contributed by atoms with Crippen LogP contribution in [0.1, 0.15) is 18.1 Å². The van der Waals surface area contributed by atoms with Crippen LogP contribution in [0.4, 0.5) is 0 Å². The molecule has 0 heterocycles. The second-order valence-electron chi connectivity index (χ2n) is 5.19. The Morgan fingerprint density at radius 1 is 1.00 bits per heavy atom. The molecule has 0 aromatic heterocycles. The van der Waals surface area contributed by atoms with Crippen molar-refractivity contribution in [2.24, 2.45) is 0 Å². The lowest BCUT2D eigenvalue weighted by Gasteiger charge is -2.16. The fourth-order valence-corrected chi connectivity index (χ4v) is 3.46. The summed E-state index contributed by atoms with van der Waals surface area (Å²) >= 11 is 0. The summed E-state index contributed by atoms with van der Waals surface area (Å²) in [6, 6.07) is 15.8. The molecule has 118 valence electrons. The molecule has 0 aliphatic rings. The molecule has 1 atom stereocenters. The van der Waals surface area contributed by atoms with Gasteiger partial charge in [-0.2, -0.15) is 0 Å². The molecule has 5 heteroatoms. The molecule has 2 N–H and O–H groups in total. The van der Waals surface area contributed by atoms with Gasteiger partial charge in [0.1, 0.15) is 0 Å². The lowest BCUT2D eigenvalue weighted by Crippen LogP contribution is -2.39. The van der Waals surface area contributed by atoms with E-state index in [9.17, 15) is 13.5 Å². The van der Waals surface area contributed by atoms with E-state index in [-0.39, 0.29) is 11.5 Å². The smallest absolute Gasteiger partial charge is 0.240 e. The van der Waals surface area contributed by atoms with E-state index in [1.807, 2.05) is 37.3 Å². The highest BCUT2D eigenvalue weighted by molar-refractivity contribution is 7.89. The molecule has 4 nitrogen and oxygen atoms in total. The summed E-state index contributed by atoms with van der Waals surface area (Å²) in [5, 5.41) is 9.45. The van der Waals surface area contributed by atoms with Crippen LogP contribution in [0.25, 0.3) is 0 Å². The Morgan fingerprint density at radius 2 is 1.64 bits per heavy atom. The van der Waals surface area contributed by atoms with Gasteiger partial charge in [-0.15, -0.1) is 0 Å². The van der Waals surface area contributed by atoms with E-state index in [1.54, 1.807) is 24.3 Å². The summed E-state index contributed by atoms with van der Waals surface area (Å²) in [6.45, 7) is 1.77. The molecule has 2 rings (SSSR count). The fourth-order valence-electron chi connectivity index (χ4n) is 2.23. The van der Waals surface area contributed by atoms with Crippen molar-refractivity contribution in [3.8, 4) is 0 Å². The van der Waals surface area contributed by atoms with Crippen molar-refractivity contribution in [1.29, 1.82) is 0 Å². The third-order valence-corrected chi connectivity index (χ3v) is 5.05. The molecular formula is C17H21NO3S. The minimum atomic E-state index is -3.63. The van der Waals surface area contributed by atoms with Gasteiger partial charge < -0.3 is 5.11 Å². The van der Waals surface area contributed by atoms with Crippen molar-refractivity contribution in [3.05, 3.63) is 65.7 Å². The number of rotatable bonds is 7. The Labute approximate surface area is 131 Å². The van der Waals surface area contributed by atoms with E-state index in [4.69, 9.17) is 0 Å². The van der Waals surface area contributed by atoms with Crippen molar-refractivity contribution < 1.29 is 13.5 Å². The molecule has 22 heavy (non-hydrogen) atoms. The second kappa shape index (κ2) is 7.54. The quantitative estimate of drug-likeness (QED) is 0.821. The Bertz CT molecular complexity index is 682. The largest absolute Gasteiger partial charge is 0.395 e. The zero-order chi connectivity index (χ0) is 16.0. The summed E-state index contributed by atoms with van der Waals surface area (Å²) in [4.78, 5) is 0.219. The standard InChI is InChI=1S/C17H21NO3S/c1-2-14-8-10-17(11-9-14)22(20,21)18-16(13-19)12-15-6-4-3-5-7-15/h3-11,16,18-19H,2,12-13H2,1H3. The van der Waals surface area contributed by atoms with E-state index in [1.165, 1.54) is 0 Å². The minimum absolute atomic E-state index is 0.219. The summed E-state index contributed by atoms with van der Waals surface area (Å²) in [5.41, 5.74) is 2.06. The molecular weight excluding hydrogens is 298 g/mol. The number of sulfonamides is 1. The van der Waals surface area contributed by atoms with Crippen molar-refractivity contribution >= 4 is 10.0 Å². The van der Waals surface area contributed by atoms with Crippen LogP contribution in [-0.4, -0.2) is 26.2 Å². The van der Waals surface area contributed by atoms with Crippen molar-refractivity contribution in [3.63, 3.8) is 0 Å². The molecule has 0 spiro atoms. The van der Waals surface area contributed by atoms with Gasteiger partial charge in [0.05, 0.1) is 11.5 Å². The van der Waals surface area contributed by atoms with Gasteiger partial charge in [-0.3, -0.25) is 0 Å². The normalized spacial score (nSPS) is 13.0. The van der Waals surface area contributed by atoms with Gasteiger partial charge in [0, 0.05) is 6.04 Å². The lowest BCUT2D eigenvalue weighted by atomic mass is 10.1. The van der Waals surface area contributed by atoms with Crippen LogP contribution in [0.5, 0.6) is 0 Å². The molecule has 0 aliphatic heterocycles. The summed E-state index contributed by atoms with van der Waals surface area (Å²) in [7, 11) is -3.63. The van der Waals surface area contributed by atoms with Crippen LogP contribution in [0, 0.1) is 0 Å². The summed E-state index contributed by atoms with van der Waals surface area (Å²) in [6.07, 6.45) is 1.31. The monoisotopic (exact) mass is 319 g/mol. The van der Waals surface area contributed by atoms with Crippen molar-refractivity contribution in [1.82, 2.24) is 4.72 Å². The second-order valence-corrected chi connectivity index (χ2v) is 6.90. The number of nitrogens with one attached hydrogen (secondary N) is 1. The van der Waals surface area contributed by atoms with Gasteiger partial charge in [0.25, 0.3) is 0 Å². The fraction of sp³-hybridized carbons (Fsp3) is 0.294. The highest BCUT2D eigenvalue weighted by Gasteiger charge is 2.19. The number of hydrogen-bond donors (Lipinski definition) is 2. The molecule has 0 amide bonds. The van der Waals surface area contributed by atoms with Crippen molar-refractivity contribution in [2.45, 2.75) is 30.7 Å². The first-order valence-corrected chi connectivity index (χ1v) is 8.79. The maximum absolute atomic E-state index is 12.4. The van der Waals surface area contributed by atoms with Crippen LogP contribution in [0.3, 0.4) is 0 Å². The predicted octanol–water partition coefficient (Wildman–Crippen LogP) is 2.13. The molecule has 0 aliphatic carbocycles. The van der Waals surface area contributed by atoms with Gasteiger partial charge in [0.2, 0.25) is 10.0 Å². The molecule has 1 unspecified atom stereocenters. The molecule has 0 bridgehead atoms. The molecule has 0 fully saturated rings. The van der Waals surface area contributed by atoms with Crippen LogP contribution < -0.4 is 4.72 Å². The number of aliphatic hydroxyl groups is 1. The first-order valence-electron chi connectivity index (χ1n) is 7.31. The Morgan fingerprint density at radius 3 is 2.18 bits per heavy atom. The highest BCUT2D eigenvalue weighted by atomic mass is 32.2. The van der Waals surface area contributed by atoms with E-state index in [0.29, 0.717) is 6.42 Å². The molecule has 0 radical (unpaired) electrons. The Balaban J connectivity index is 2.11. The first-order chi connectivity index (χ1) is 10.5. The minimum Gasteiger partial charge on any atom is -0.395 e. The molecule has 0 saturated carbocycles. The molecule has 0 saturated heterocycles. The summed E-state index contributed by atoms with van der Waals surface area (Å²) < 4.78 is 27.3. The number of hydrogen-bond acceptors (Lipinski definition) is 3. The Hall–Kier alpha value is -1.69. The zero-order valence-electron chi connectivity index (χ0n) is 12.6. The van der Waals surface area contributed by atoms with Gasteiger partial charge in [0.15, 0.2) is 0 Å². The molecule has 2 aromatic carbocycles. The van der Waals surface area contributed by atoms with Crippen LogP contribution in [0.2, 0.25) is 0 Å². The molecule has 2 aromatic rings. The average Bonchev–Trinajstić information content (AvgIpc) is 2.55. The number of benzene rings is 2. The maximum Gasteiger partial charge on any atom is 0.240 e. The van der Waals surface area contributed by atoms with E-state index in [2.05, 4.69) is 4.72 Å². The average molecular weight is 319 g/mol. The SMILES string of the molecule is CCc1ccc(S(=O)(=O)NC(CO)Cc2ccccc2)cc1. The third kappa shape index (κ3) is 4.40. The van der Waals surface area contributed by atoms with Crippen LogP contribution in [0.15, 0.2) is 59.5 Å². The van der Waals surface area contributed by atoms with Crippen molar-refractivity contribution in [2.75, 3.05) is 6.61 Å². The highest BCUT2D eigenvalue weighted by Crippen LogP contribution is 2.12. The summed E-state index contributed by atoms with van der Waals surface area (Å²) in [5.74, 6) is 0. The zero-order valence-corrected chi connectivity index (χ0v) is 13.4. The Kier molecular flexibility index (Phi) is 5.71.